The SMILES string of the molecule is CCCCc1ccccc1C1COC(c2ccccc2CCCC)CO1. The van der Waals surface area contributed by atoms with Crippen LogP contribution in [0.15, 0.2) is 48.5 Å². The molecule has 2 unspecified atom stereocenters. The molecule has 140 valence electrons. The van der Waals surface area contributed by atoms with Gasteiger partial charge >= 0.3 is 0 Å². The Bertz CT molecular complexity index is 612. The van der Waals surface area contributed by atoms with E-state index in [0.29, 0.717) is 13.2 Å². The van der Waals surface area contributed by atoms with Crippen LogP contribution in [0, 0.1) is 0 Å². The number of benzene rings is 2. The van der Waals surface area contributed by atoms with Crippen LogP contribution >= 0.6 is 0 Å². The molecule has 0 amide bonds. The monoisotopic (exact) mass is 352 g/mol. The molecule has 0 spiro atoms. The highest BCUT2D eigenvalue weighted by Crippen LogP contribution is 2.33. The fourth-order valence-corrected chi connectivity index (χ4v) is 3.75. The molecule has 2 heteroatoms. The third-order valence-electron chi connectivity index (χ3n) is 5.30. The van der Waals surface area contributed by atoms with E-state index < -0.39 is 0 Å². The van der Waals surface area contributed by atoms with Gasteiger partial charge in [0.05, 0.1) is 13.2 Å². The molecule has 0 bridgehead atoms. The van der Waals surface area contributed by atoms with Crippen LogP contribution in [0.25, 0.3) is 0 Å². The first kappa shape index (κ1) is 19.1. The molecular formula is C24H32O2. The zero-order chi connectivity index (χ0) is 18.2. The summed E-state index contributed by atoms with van der Waals surface area (Å²) in [7, 11) is 0. The van der Waals surface area contributed by atoms with Crippen molar-refractivity contribution in [3.05, 3.63) is 70.8 Å². The number of hydrogen-bond donors (Lipinski definition) is 0. The first-order valence-corrected chi connectivity index (χ1v) is 10.2. The third kappa shape index (κ3) is 4.75. The first-order valence-electron chi connectivity index (χ1n) is 10.2. The maximum atomic E-state index is 6.29. The second-order valence-corrected chi connectivity index (χ2v) is 7.25. The van der Waals surface area contributed by atoms with Crippen LogP contribution in [0.4, 0.5) is 0 Å². The van der Waals surface area contributed by atoms with Gasteiger partial charge in [-0.05, 0) is 47.9 Å². The van der Waals surface area contributed by atoms with Crippen molar-refractivity contribution in [2.24, 2.45) is 0 Å². The van der Waals surface area contributed by atoms with E-state index in [1.165, 1.54) is 47.9 Å². The highest BCUT2D eigenvalue weighted by Gasteiger charge is 2.27. The predicted octanol–water partition coefficient (Wildman–Crippen LogP) is 6.20. The number of hydrogen-bond acceptors (Lipinski definition) is 2. The quantitative estimate of drug-likeness (QED) is 0.563. The van der Waals surface area contributed by atoms with E-state index in [9.17, 15) is 0 Å². The molecule has 3 rings (SSSR count). The second kappa shape index (κ2) is 9.89. The molecule has 1 aliphatic rings. The van der Waals surface area contributed by atoms with Crippen molar-refractivity contribution < 1.29 is 9.47 Å². The van der Waals surface area contributed by atoms with Gasteiger partial charge in [0.1, 0.15) is 12.2 Å². The third-order valence-corrected chi connectivity index (χ3v) is 5.30. The first-order chi connectivity index (χ1) is 12.8. The van der Waals surface area contributed by atoms with Gasteiger partial charge in [0, 0.05) is 0 Å². The zero-order valence-corrected chi connectivity index (χ0v) is 16.2. The normalized spacial score (nSPS) is 20.2. The molecule has 1 saturated heterocycles. The molecule has 0 saturated carbocycles. The van der Waals surface area contributed by atoms with E-state index >= 15 is 0 Å². The standard InChI is InChI=1S/C24H32O2/c1-3-5-11-19-13-7-9-15-21(19)23-17-26-24(18-25-23)22-16-10-8-14-20(22)12-6-4-2/h7-10,13-16,23-24H,3-6,11-12,17-18H2,1-2H3. The van der Waals surface area contributed by atoms with Gasteiger partial charge in [-0.2, -0.15) is 0 Å². The minimum atomic E-state index is 0.0575. The van der Waals surface area contributed by atoms with Gasteiger partial charge in [-0.1, -0.05) is 75.2 Å². The van der Waals surface area contributed by atoms with E-state index in [-0.39, 0.29) is 12.2 Å². The van der Waals surface area contributed by atoms with Gasteiger partial charge in [0.25, 0.3) is 0 Å². The molecule has 26 heavy (non-hydrogen) atoms. The van der Waals surface area contributed by atoms with Crippen molar-refractivity contribution in [2.45, 2.75) is 64.6 Å². The van der Waals surface area contributed by atoms with Crippen molar-refractivity contribution in [3.8, 4) is 0 Å². The van der Waals surface area contributed by atoms with Crippen LogP contribution in [-0.2, 0) is 22.3 Å². The molecule has 2 nitrogen and oxygen atoms in total. The molecule has 2 aromatic rings. The Hall–Kier alpha value is -1.64. The highest BCUT2D eigenvalue weighted by atomic mass is 16.6. The van der Waals surface area contributed by atoms with E-state index in [0.717, 1.165) is 12.8 Å². The molecule has 0 N–H and O–H groups in total. The summed E-state index contributed by atoms with van der Waals surface area (Å²) >= 11 is 0. The molecule has 0 aromatic heterocycles. The molecule has 0 aliphatic carbocycles. The smallest absolute Gasteiger partial charge is 0.106 e. The lowest BCUT2D eigenvalue weighted by atomic mass is 9.96. The molecule has 2 atom stereocenters. The average Bonchev–Trinajstić information content (AvgIpc) is 2.71. The highest BCUT2D eigenvalue weighted by molar-refractivity contribution is 5.32. The van der Waals surface area contributed by atoms with Gasteiger partial charge < -0.3 is 9.47 Å². The Labute approximate surface area is 158 Å². The fraction of sp³-hybridized carbons (Fsp3) is 0.500. The Morgan fingerprint density at radius 2 is 1.12 bits per heavy atom. The van der Waals surface area contributed by atoms with Crippen LogP contribution in [-0.4, -0.2) is 13.2 Å². The summed E-state index contributed by atoms with van der Waals surface area (Å²) in [6.45, 7) is 5.75. The molecule has 1 heterocycles. The van der Waals surface area contributed by atoms with Crippen molar-refractivity contribution in [3.63, 3.8) is 0 Å². The average molecular weight is 353 g/mol. The lowest BCUT2D eigenvalue weighted by Gasteiger charge is -2.32. The molecule has 2 aromatic carbocycles. The van der Waals surface area contributed by atoms with Gasteiger partial charge in [-0.3, -0.25) is 0 Å². The number of rotatable bonds is 8. The van der Waals surface area contributed by atoms with Crippen molar-refractivity contribution in [1.29, 1.82) is 0 Å². The van der Waals surface area contributed by atoms with E-state index in [1.807, 2.05) is 0 Å². The Balaban J connectivity index is 1.67. The van der Waals surface area contributed by atoms with Crippen LogP contribution in [0.1, 0.15) is 74.0 Å². The van der Waals surface area contributed by atoms with Crippen molar-refractivity contribution in [1.82, 2.24) is 0 Å². The van der Waals surface area contributed by atoms with E-state index in [2.05, 4.69) is 62.4 Å². The lowest BCUT2D eigenvalue weighted by molar-refractivity contribution is -0.137. The van der Waals surface area contributed by atoms with Gasteiger partial charge in [0.2, 0.25) is 0 Å². The maximum Gasteiger partial charge on any atom is 0.106 e. The van der Waals surface area contributed by atoms with Gasteiger partial charge in [0.15, 0.2) is 0 Å². The van der Waals surface area contributed by atoms with E-state index in [1.54, 1.807) is 0 Å². The summed E-state index contributed by atoms with van der Waals surface area (Å²) in [6.07, 6.45) is 7.23. The summed E-state index contributed by atoms with van der Waals surface area (Å²) in [6, 6.07) is 17.4. The van der Waals surface area contributed by atoms with Crippen LogP contribution in [0.5, 0.6) is 0 Å². The minimum absolute atomic E-state index is 0.0575. The second-order valence-electron chi connectivity index (χ2n) is 7.25. The fourth-order valence-electron chi connectivity index (χ4n) is 3.75. The summed E-state index contributed by atoms with van der Waals surface area (Å²) in [5.41, 5.74) is 5.42. The summed E-state index contributed by atoms with van der Waals surface area (Å²) in [5, 5.41) is 0. The van der Waals surface area contributed by atoms with Crippen LogP contribution in [0.3, 0.4) is 0 Å². The number of aryl methyl sites for hydroxylation is 2. The summed E-state index contributed by atoms with van der Waals surface area (Å²) < 4.78 is 12.6. The number of ether oxygens (including phenoxy) is 2. The van der Waals surface area contributed by atoms with E-state index in [4.69, 9.17) is 9.47 Å². The molecular weight excluding hydrogens is 320 g/mol. The van der Waals surface area contributed by atoms with Crippen molar-refractivity contribution >= 4 is 0 Å². The van der Waals surface area contributed by atoms with Gasteiger partial charge in [-0.25, -0.2) is 0 Å². The van der Waals surface area contributed by atoms with Crippen LogP contribution < -0.4 is 0 Å². The zero-order valence-electron chi connectivity index (χ0n) is 16.2. The van der Waals surface area contributed by atoms with Crippen molar-refractivity contribution in [2.75, 3.05) is 13.2 Å². The molecule has 1 aliphatic heterocycles. The minimum Gasteiger partial charge on any atom is -0.368 e. The summed E-state index contributed by atoms with van der Waals surface area (Å²) in [5.74, 6) is 0. The number of unbranched alkanes of at least 4 members (excludes halogenated alkanes) is 2. The Kier molecular flexibility index (Phi) is 7.28. The lowest BCUT2D eigenvalue weighted by Crippen LogP contribution is -2.27. The topological polar surface area (TPSA) is 18.5 Å². The summed E-state index contributed by atoms with van der Waals surface area (Å²) in [4.78, 5) is 0. The van der Waals surface area contributed by atoms with Crippen LogP contribution in [0.2, 0.25) is 0 Å². The largest absolute Gasteiger partial charge is 0.368 e. The predicted molar refractivity (Wildman–Crippen MR) is 107 cm³/mol. The Morgan fingerprint density at radius 1 is 0.692 bits per heavy atom. The van der Waals surface area contributed by atoms with Gasteiger partial charge in [-0.15, -0.1) is 0 Å². The maximum absolute atomic E-state index is 6.29. The molecule has 0 radical (unpaired) electrons. The Morgan fingerprint density at radius 3 is 1.50 bits per heavy atom. The molecule has 1 fully saturated rings.